The zero-order chi connectivity index (χ0) is 26.2. The van der Waals surface area contributed by atoms with Crippen molar-refractivity contribution in [2.24, 2.45) is 0 Å². The number of nitrogens with one attached hydrogen (secondary N) is 2. The van der Waals surface area contributed by atoms with Crippen molar-refractivity contribution in [1.82, 2.24) is 15.2 Å². The summed E-state index contributed by atoms with van der Waals surface area (Å²) in [7, 11) is 0. The number of rotatable bonds is 4. The number of carbonyl (C=O) groups is 2. The predicted octanol–water partition coefficient (Wildman–Crippen LogP) is 5.04. The highest BCUT2D eigenvalue weighted by Crippen LogP contribution is 2.31. The van der Waals surface area contributed by atoms with Crippen LogP contribution in [-0.2, 0) is 13.0 Å². The molecule has 1 aromatic heterocycles. The molecule has 2 aliphatic rings. The van der Waals surface area contributed by atoms with Crippen LogP contribution in [0.15, 0.2) is 66.7 Å². The largest absolute Gasteiger partial charge is 0.367 e. The highest BCUT2D eigenvalue weighted by atomic mass is 19.1. The number of nitrogens with zero attached hydrogens (tertiary/aromatic N) is 2. The average Bonchev–Trinajstić information content (AvgIpc) is 3.31. The Labute approximate surface area is 219 Å². The van der Waals surface area contributed by atoms with Crippen LogP contribution < -0.4 is 10.2 Å². The topological polar surface area (TPSA) is 68.4 Å². The normalized spacial score (nSPS) is 15.9. The van der Waals surface area contributed by atoms with Crippen LogP contribution in [0.5, 0.6) is 0 Å². The zero-order valence-corrected chi connectivity index (χ0v) is 20.8. The van der Waals surface area contributed by atoms with E-state index in [1.165, 1.54) is 42.1 Å². The highest BCUT2D eigenvalue weighted by molar-refractivity contribution is 5.99. The van der Waals surface area contributed by atoms with Crippen LogP contribution in [-0.4, -0.2) is 47.4 Å². The zero-order valence-electron chi connectivity index (χ0n) is 20.8. The molecule has 2 N–H and O–H groups in total. The minimum atomic E-state index is -0.369. The molecule has 0 bridgehead atoms. The standard InChI is InChI=1S/C30H28F2N4O2/c31-21-4-1-19(2-5-21)30(38)35-14-11-23(12-15-35)33-29(37)20-3-10-27-25(17-20)26-18-36(16-13-28(26)34-27)24-8-6-22(32)7-9-24/h1-10,17,23,34H,11-16,18H2,(H,33,37). The molecule has 0 saturated carbocycles. The van der Waals surface area contributed by atoms with Crippen LogP contribution in [0.25, 0.3) is 10.9 Å². The van der Waals surface area contributed by atoms with Gasteiger partial charge in [0.2, 0.25) is 0 Å². The smallest absolute Gasteiger partial charge is 0.253 e. The highest BCUT2D eigenvalue weighted by Gasteiger charge is 2.26. The summed E-state index contributed by atoms with van der Waals surface area (Å²) in [6.45, 7) is 2.59. The fourth-order valence-corrected chi connectivity index (χ4v) is 5.50. The van der Waals surface area contributed by atoms with Gasteiger partial charge < -0.3 is 20.1 Å². The maximum Gasteiger partial charge on any atom is 0.253 e. The molecule has 194 valence electrons. The quantitative estimate of drug-likeness (QED) is 0.401. The first-order chi connectivity index (χ1) is 18.4. The van der Waals surface area contributed by atoms with E-state index >= 15 is 0 Å². The minimum absolute atomic E-state index is 0.0235. The number of aromatic amines is 1. The number of H-pyrrole nitrogens is 1. The van der Waals surface area contributed by atoms with Crippen LogP contribution in [0.2, 0.25) is 0 Å². The molecule has 8 heteroatoms. The molecule has 2 amide bonds. The Morgan fingerprint density at radius 1 is 0.842 bits per heavy atom. The Hall–Kier alpha value is -4.20. The molecule has 6 rings (SSSR count). The summed E-state index contributed by atoms with van der Waals surface area (Å²) in [6.07, 6.45) is 2.17. The summed E-state index contributed by atoms with van der Waals surface area (Å²) in [5, 5.41) is 4.16. The van der Waals surface area contributed by atoms with Gasteiger partial charge in [-0.25, -0.2) is 8.78 Å². The Morgan fingerprint density at radius 3 is 2.21 bits per heavy atom. The molecule has 3 aromatic carbocycles. The molecular weight excluding hydrogens is 486 g/mol. The maximum atomic E-state index is 13.4. The number of fused-ring (bicyclic) bond motifs is 3. The van der Waals surface area contributed by atoms with E-state index in [0.717, 1.165) is 35.1 Å². The Balaban J connectivity index is 1.12. The molecule has 0 unspecified atom stereocenters. The molecule has 4 aromatic rings. The maximum absolute atomic E-state index is 13.4. The summed E-state index contributed by atoms with van der Waals surface area (Å²) in [4.78, 5) is 33.3. The monoisotopic (exact) mass is 514 g/mol. The third-order valence-electron chi connectivity index (χ3n) is 7.64. The third kappa shape index (κ3) is 4.74. The lowest BCUT2D eigenvalue weighted by molar-refractivity contribution is 0.0698. The van der Waals surface area contributed by atoms with Crippen LogP contribution >= 0.6 is 0 Å². The van der Waals surface area contributed by atoms with Gasteiger partial charge in [0, 0.05) is 77.6 Å². The molecule has 0 aliphatic carbocycles. The third-order valence-corrected chi connectivity index (χ3v) is 7.64. The van der Waals surface area contributed by atoms with Crippen molar-refractivity contribution in [3.8, 4) is 0 Å². The first kappa shape index (κ1) is 24.2. The van der Waals surface area contributed by atoms with Crippen molar-refractivity contribution in [3.05, 3.63) is 101 Å². The summed E-state index contributed by atoms with van der Waals surface area (Å²) >= 11 is 0. The number of anilines is 1. The van der Waals surface area contributed by atoms with E-state index in [4.69, 9.17) is 0 Å². The SMILES string of the molecule is O=C(NC1CCN(C(=O)c2ccc(F)cc2)CC1)c1ccc2[nH]c3c(c2c1)CN(c1ccc(F)cc1)CC3. The van der Waals surface area contributed by atoms with Gasteiger partial charge in [0.1, 0.15) is 11.6 Å². The van der Waals surface area contributed by atoms with E-state index < -0.39 is 0 Å². The molecule has 1 saturated heterocycles. The predicted molar refractivity (Wildman–Crippen MR) is 142 cm³/mol. The Bertz CT molecular complexity index is 1490. The van der Waals surface area contributed by atoms with Crippen molar-refractivity contribution < 1.29 is 18.4 Å². The summed E-state index contributed by atoms with van der Waals surface area (Å²) < 4.78 is 26.6. The Morgan fingerprint density at radius 2 is 1.50 bits per heavy atom. The van der Waals surface area contributed by atoms with Gasteiger partial charge in [-0.05, 0) is 79.6 Å². The number of carbonyl (C=O) groups excluding carboxylic acids is 2. The van der Waals surface area contributed by atoms with Gasteiger partial charge in [-0.15, -0.1) is 0 Å². The van der Waals surface area contributed by atoms with Gasteiger partial charge in [-0.3, -0.25) is 9.59 Å². The number of piperidine rings is 1. The van der Waals surface area contributed by atoms with Crippen molar-refractivity contribution in [2.75, 3.05) is 24.5 Å². The molecular formula is C30H28F2N4O2. The van der Waals surface area contributed by atoms with Gasteiger partial charge in [0.25, 0.3) is 11.8 Å². The second kappa shape index (κ2) is 9.93. The first-order valence-corrected chi connectivity index (χ1v) is 12.9. The number of amides is 2. The van der Waals surface area contributed by atoms with Gasteiger partial charge in [-0.1, -0.05) is 0 Å². The number of aromatic nitrogens is 1. The van der Waals surface area contributed by atoms with Crippen LogP contribution in [0.1, 0.15) is 44.8 Å². The summed E-state index contributed by atoms with van der Waals surface area (Å²) in [5.41, 5.74) is 5.38. The fraction of sp³-hybridized carbons (Fsp3) is 0.267. The number of hydrogen-bond acceptors (Lipinski definition) is 3. The molecule has 3 heterocycles. The van der Waals surface area contributed by atoms with Gasteiger partial charge in [-0.2, -0.15) is 0 Å². The lowest BCUT2D eigenvalue weighted by Crippen LogP contribution is -2.46. The summed E-state index contributed by atoms with van der Waals surface area (Å²) in [5.74, 6) is -0.866. The van der Waals surface area contributed by atoms with Crippen molar-refractivity contribution in [3.63, 3.8) is 0 Å². The lowest BCUT2D eigenvalue weighted by Gasteiger charge is -2.32. The van der Waals surface area contributed by atoms with E-state index in [9.17, 15) is 18.4 Å². The van der Waals surface area contributed by atoms with E-state index in [2.05, 4.69) is 15.2 Å². The fourth-order valence-electron chi connectivity index (χ4n) is 5.50. The number of benzene rings is 3. The molecule has 0 spiro atoms. The molecule has 2 aliphatic heterocycles. The van der Waals surface area contributed by atoms with E-state index in [1.807, 2.05) is 18.2 Å². The number of hydrogen-bond donors (Lipinski definition) is 2. The van der Waals surface area contributed by atoms with Crippen molar-refractivity contribution >= 4 is 28.4 Å². The van der Waals surface area contributed by atoms with Crippen molar-refractivity contribution in [1.29, 1.82) is 0 Å². The molecule has 6 nitrogen and oxygen atoms in total. The van der Waals surface area contributed by atoms with E-state index in [-0.39, 0.29) is 29.5 Å². The van der Waals surface area contributed by atoms with E-state index in [0.29, 0.717) is 43.6 Å². The van der Waals surface area contributed by atoms with Crippen LogP contribution in [0.3, 0.4) is 0 Å². The Kier molecular flexibility index (Phi) is 6.31. The number of halogens is 2. The van der Waals surface area contributed by atoms with Gasteiger partial charge in [0.15, 0.2) is 0 Å². The average molecular weight is 515 g/mol. The van der Waals surface area contributed by atoms with Gasteiger partial charge in [0.05, 0.1) is 0 Å². The minimum Gasteiger partial charge on any atom is -0.367 e. The first-order valence-electron chi connectivity index (χ1n) is 12.9. The molecule has 0 radical (unpaired) electrons. The van der Waals surface area contributed by atoms with Crippen LogP contribution in [0, 0.1) is 11.6 Å². The number of likely N-dealkylation sites (tertiary alicyclic amines) is 1. The van der Waals surface area contributed by atoms with Crippen LogP contribution in [0.4, 0.5) is 14.5 Å². The molecule has 0 atom stereocenters. The van der Waals surface area contributed by atoms with Crippen molar-refractivity contribution in [2.45, 2.75) is 31.8 Å². The molecule has 1 fully saturated rings. The second-order valence-corrected chi connectivity index (χ2v) is 10.0. The van der Waals surface area contributed by atoms with E-state index in [1.54, 1.807) is 17.0 Å². The lowest BCUT2D eigenvalue weighted by atomic mass is 10.0. The second-order valence-electron chi connectivity index (χ2n) is 10.0. The van der Waals surface area contributed by atoms with Gasteiger partial charge >= 0.3 is 0 Å². The summed E-state index contributed by atoms with van der Waals surface area (Å²) in [6, 6.07) is 17.8. The molecule has 38 heavy (non-hydrogen) atoms.